The highest BCUT2D eigenvalue weighted by Gasteiger charge is 2.13. The predicted octanol–water partition coefficient (Wildman–Crippen LogP) is 2.42. The van der Waals surface area contributed by atoms with Crippen LogP contribution in [0.2, 0.25) is 0 Å². The monoisotopic (exact) mass is 313 g/mol. The van der Waals surface area contributed by atoms with Crippen LogP contribution in [0.25, 0.3) is 11.0 Å². The summed E-state index contributed by atoms with van der Waals surface area (Å²) in [7, 11) is -3.55. The van der Waals surface area contributed by atoms with Crippen LogP contribution in [0.15, 0.2) is 59.6 Å². The smallest absolute Gasteiger partial charge is 0.240 e. The summed E-state index contributed by atoms with van der Waals surface area (Å²) in [6, 6.07) is 14.2. The molecule has 0 aliphatic carbocycles. The molecule has 3 aromatic rings. The van der Waals surface area contributed by atoms with Gasteiger partial charge in [0.25, 0.3) is 0 Å². The van der Waals surface area contributed by atoms with Gasteiger partial charge in [-0.2, -0.15) is 0 Å². The van der Waals surface area contributed by atoms with Crippen molar-refractivity contribution in [3.05, 3.63) is 66.0 Å². The van der Waals surface area contributed by atoms with Gasteiger partial charge in [-0.15, -0.1) is 0 Å². The quantitative estimate of drug-likeness (QED) is 0.803. The van der Waals surface area contributed by atoms with Gasteiger partial charge in [-0.1, -0.05) is 29.8 Å². The number of nitrogens with one attached hydrogen (secondary N) is 1. The lowest BCUT2D eigenvalue weighted by molar-refractivity contribution is 0.580. The van der Waals surface area contributed by atoms with Crippen molar-refractivity contribution in [2.24, 2.45) is 0 Å². The van der Waals surface area contributed by atoms with Crippen LogP contribution in [0.1, 0.15) is 11.3 Å². The second-order valence-electron chi connectivity index (χ2n) is 4.99. The number of hydrogen-bond acceptors (Lipinski definition) is 4. The second kappa shape index (κ2) is 5.82. The number of para-hydroxylation sites is 2. The molecule has 5 nitrogen and oxygen atoms in total. The number of aryl methyl sites for hydroxylation is 1. The summed E-state index contributed by atoms with van der Waals surface area (Å²) in [5.74, 6) is 0. The highest BCUT2D eigenvalue weighted by molar-refractivity contribution is 7.89. The lowest BCUT2D eigenvalue weighted by Gasteiger charge is -2.07. The fraction of sp³-hybridized carbons (Fsp3) is 0.125. The van der Waals surface area contributed by atoms with E-state index in [2.05, 4.69) is 14.7 Å². The topological polar surface area (TPSA) is 72.0 Å². The lowest BCUT2D eigenvalue weighted by Crippen LogP contribution is -2.23. The van der Waals surface area contributed by atoms with Crippen LogP contribution in [-0.2, 0) is 16.6 Å². The molecule has 2 aromatic carbocycles. The average molecular weight is 313 g/mol. The van der Waals surface area contributed by atoms with Gasteiger partial charge in [-0.05, 0) is 31.2 Å². The zero-order chi connectivity index (χ0) is 15.6. The van der Waals surface area contributed by atoms with Gasteiger partial charge in [0.05, 0.1) is 34.4 Å². The van der Waals surface area contributed by atoms with Crippen LogP contribution < -0.4 is 4.72 Å². The van der Waals surface area contributed by atoms with Gasteiger partial charge in [-0.25, -0.2) is 18.1 Å². The molecule has 3 rings (SSSR count). The third kappa shape index (κ3) is 3.13. The molecule has 22 heavy (non-hydrogen) atoms. The van der Waals surface area contributed by atoms with Crippen molar-refractivity contribution in [3.63, 3.8) is 0 Å². The summed E-state index contributed by atoms with van der Waals surface area (Å²) in [4.78, 5) is 8.91. The largest absolute Gasteiger partial charge is 0.253 e. The van der Waals surface area contributed by atoms with Crippen molar-refractivity contribution in [2.75, 3.05) is 0 Å². The van der Waals surface area contributed by atoms with E-state index in [-0.39, 0.29) is 11.4 Å². The molecule has 0 aliphatic heterocycles. The van der Waals surface area contributed by atoms with Gasteiger partial charge in [0.15, 0.2) is 0 Å². The van der Waals surface area contributed by atoms with Crippen LogP contribution >= 0.6 is 0 Å². The van der Waals surface area contributed by atoms with E-state index in [9.17, 15) is 8.42 Å². The minimum atomic E-state index is -3.55. The van der Waals surface area contributed by atoms with E-state index in [0.29, 0.717) is 5.69 Å². The Hall–Kier alpha value is -2.31. The minimum Gasteiger partial charge on any atom is -0.253 e. The van der Waals surface area contributed by atoms with E-state index in [1.807, 2.05) is 31.2 Å². The highest BCUT2D eigenvalue weighted by Crippen LogP contribution is 2.12. The molecule has 0 unspecified atom stereocenters. The Morgan fingerprint density at radius 3 is 2.41 bits per heavy atom. The van der Waals surface area contributed by atoms with Gasteiger partial charge in [-0.3, -0.25) is 4.98 Å². The second-order valence-corrected chi connectivity index (χ2v) is 6.75. The maximum absolute atomic E-state index is 12.2. The van der Waals surface area contributed by atoms with Gasteiger partial charge < -0.3 is 0 Å². The van der Waals surface area contributed by atoms with Crippen molar-refractivity contribution < 1.29 is 8.42 Å². The normalized spacial score (nSPS) is 11.7. The molecule has 0 bridgehead atoms. The average Bonchev–Trinajstić information content (AvgIpc) is 2.53. The van der Waals surface area contributed by atoms with Crippen LogP contribution in [-0.4, -0.2) is 18.4 Å². The van der Waals surface area contributed by atoms with Crippen LogP contribution in [0.4, 0.5) is 0 Å². The molecule has 0 saturated carbocycles. The lowest BCUT2D eigenvalue weighted by atomic mass is 10.2. The van der Waals surface area contributed by atoms with Crippen molar-refractivity contribution >= 4 is 21.1 Å². The van der Waals surface area contributed by atoms with E-state index in [1.54, 1.807) is 30.5 Å². The molecule has 0 radical (unpaired) electrons. The van der Waals surface area contributed by atoms with E-state index in [4.69, 9.17) is 0 Å². The third-order valence-corrected chi connectivity index (χ3v) is 4.69. The number of nitrogens with zero attached hydrogens (tertiary/aromatic N) is 2. The predicted molar refractivity (Wildman–Crippen MR) is 84.7 cm³/mol. The standard InChI is InChI=1S/C16H15N3O2S/c1-12-6-8-14(9-7-12)22(20,21)18-11-13-10-17-15-4-2-3-5-16(15)19-13/h2-10,18H,11H2,1H3. The van der Waals surface area contributed by atoms with E-state index >= 15 is 0 Å². The number of fused-ring (bicyclic) bond motifs is 1. The summed E-state index contributed by atoms with van der Waals surface area (Å²) >= 11 is 0. The number of sulfonamides is 1. The van der Waals surface area contributed by atoms with Gasteiger partial charge >= 0.3 is 0 Å². The zero-order valence-electron chi connectivity index (χ0n) is 12.0. The highest BCUT2D eigenvalue weighted by atomic mass is 32.2. The molecule has 0 spiro atoms. The Morgan fingerprint density at radius 1 is 1.00 bits per heavy atom. The van der Waals surface area contributed by atoms with Gasteiger partial charge in [0.2, 0.25) is 10.0 Å². The Kier molecular flexibility index (Phi) is 3.87. The zero-order valence-corrected chi connectivity index (χ0v) is 12.8. The molecule has 0 aliphatic rings. The SMILES string of the molecule is Cc1ccc(S(=O)(=O)NCc2cnc3ccccc3n2)cc1. The van der Waals surface area contributed by atoms with Crippen molar-refractivity contribution in [1.29, 1.82) is 0 Å². The number of rotatable bonds is 4. The van der Waals surface area contributed by atoms with Crippen molar-refractivity contribution in [1.82, 2.24) is 14.7 Å². The van der Waals surface area contributed by atoms with Crippen molar-refractivity contribution in [3.8, 4) is 0 Å². The Morgan fingerprint density at radius 2 is 1.68 bits per heavy atom. The van der Waals surface area contributed by atoms with Crippen LogP contribution in [0, 0.1) is 6.92 Å². The summed E-state index contributed by atoms with van der Waals surface area (Å²) < 4.78 is 27.0. The molecule has 6 heteroatoms. The van der Waals surface area contributed by atoms with Crippen molar-refractivity contribution in [2.45, 2.75) is 18.4 Å². The fourth-order valence-electron chi connectivity index (χ4n) is 2.05. The van der Waals surface area contributed by atoms with E-state index < -0.39 is 10.0 Å². The molecule has 1 N–H and O–H groups in total. The Labute approximate surface area is 129 Å². The first-order valence-corrected chi connectivity index (χ1v) is 8.30. The van der Waals surface area contributed by atoms with E-state index in [0.717, 1.165) is 16.6 Å². The summed E-state index contributed by atoms with van der Waals surface area (Å²) in [5.41, 5.74) is 3.12. The van der Waals surface area contributed by atoms with Gasteiger partial charge in [0, 0.05) is 0 Å². The molecule has 0 amide bonds. The molecule has 0 saturated heterocycles. The molecular formula is C16H15N3O2S. The first-order valence-electron chi connectivity index (χ1n) is 6.82. The Balaban J connectivity index is 1.79. The van der Waals surface area contributed by atoms with Crippen LogP contribution in [0.3, 0.4) is 0 Å². The molecule has 1 heterocycles. The molecule has 0 atom stereocenters. The Bertz CT molecular complexity index is 906. The van der Waals surface area contributed by atoms with Gasteiger partial charge in [0.1, 0.15) is 0 Å². The van der Waals surface area contributed by atoms with Crippen LogP contribution in [0.5, 0.6) is 0 Å². The third-order valence-electron chi connectivity index (χ3n) is 3.27. The summed E-state index contributed by atoms with van der Waals surface area (Å²) in [6.45, 7) is 2.02. The summed E-state index contributed by atoms with van der Waals surface area (Å²) in [6.07, 6.45) is 1.58. The first-order chi connectivity index (χ1) is 10.5. The minimum absolute atomic E-state index is 0.105. The number of hydrogen-bond donors (Lipinski definition) is 1. The summed E-state index contributed by atoms with van der Waals surface area (Å²) in [5, 5.41) is 0. The molecule has 1 aromatic heterocycles. The first kappa shape index (κ1) is 14.6. The molecular weight excluding hydrogens is 298 g/mol. The maximum Gasteiger partial charge on any atom is 0.240 e. The molecule has 112 valence electrons. The maximum atomic E-state index is 12.2. The number of aromatic nitrogens is 2. The fourth-order valence-corrected chi connectivity index (χ4v) is 3.05. The number of benzene rings is 2. The van der Waals surface area contributed by atoms with E-state index in [1.165, 1.54) is 0 Å². The molecule has 0 fully saturated rings.